The van der Waals surface area contributed by atoms with Crippen LogP contribution in [0.2, 0.25) is 0 Å². The Kier molecular flexibility index (Phi) is 8.67. The van der Waals surface area contributed by atoms with Crippen LogP contribution in [0.3, 0.4) is 0 Å². The van der Waals surface area contributed by atoms with Gasteiger partial charge in [0, 0.05) is 20.1 Å². The van der Waals surface area contributed by atoms with Crippen molar-refractivity contribution in [2.24, 2.45) is 4.99 Å². The van der Waals surface area contributed by atoms with Crippen LogP contribution < -0.4 is 10.0 Å². The van der Waals surface area contributed by atoms with Gasteiger partial charge in [0.05, 0.1) is 12.3 Å². The van der Waals surface area contributed by atoms with E-state index < -0.39 is 10.0 Å². The fourth-order valence-corrected chi connectivity index (χ4v) is 3.67. The van der Waals surface area contributed by atoms with Gasteiger partial charge in [-0.1, -0.05) is 55.5 Å². The second-order valence-electron chi connectivity index (χ2n) is 6.98. The minimum Gasteiger partial charge on any atom is -0.357 e. The maximum atomic E-state index is 11.7. The molecular formula is C22H32N4O2S. The Morgan fingerprint density at radius 3 is 2.03 bits per heavy atom. The second-order valence-corrected chi connectivity index (χ2v) is 8.90. The van der Waals surface area contributed by atoms with Gasteiger partial charge in [-0.25, -0.2) is 18.1 Å². The summed E-state index contributed by atoms with van der Waals surface area (Å²) in [5, 5.41) is 3.33. The number of hydrogen-bond donors (Lipinski definition) is 2. The predicted molar refractivity (Wildman–Crippen MR) is 120 cm³/mol. The summed E-state index contributed by atoms with van der Waals surface area (Å²) in [7, 11) is 0.196. The van der Waals surface area contributed by atoms with E-state index in [1.54, 1.807) is 0 Å². The van der Waals surface area contributed by atoms with Crippen molar-refractivity contribution < 1.29 is 8.42 Å². The topological polar surface area (TPSA) is 73.8 Å². The Morgan fingerprint density at radius 1 is 0.931 bits per heavy atom. The van der Waals surface area contributed by atoms with Crippen LogP contribution in [-0.2, 0) is 35.3 Å². The third kappa shape index (κ3) is 7.51. The highest BCUT2D eigenvalue weighted by molar-refractivity contribution is 7.88. The van der Waals surface area contributed by atoms with E-state index in [0.717, 1.165) is 36.6 Å². The SMILES string of the molecule is CCNC(=NCc1ccc(CS(=O)(=O)NC)cc1)N(C)Cc1ccc(CC)cc1. The van der Waals surface area contributed by atoms with Gasteiger partial charge < -0.3 is 10.2 Å². The van der Waals surface area contributed by atoms with Crippen molar-refractivity contribution in [3.05, 3.63) is 70.8 Å². The van der Waals surface area contributed by atoms with Crippen molar-refractivity contribution in [2.75, 3.05) is 20.6 Å². The summed E-state index contributed by atoms with van der Waals surface area (Å²) in [6, 6.07) is 16.2. The third-order valence-corrected chi connectivity index (χ3v) is 5.98. The van der Waals surface area contributed by atoms with E-state index in [4.69, 9.17) is 4.99 Å². The summed E-state index contributed by atoms with van der Waals surface area (Å²) < 4.78 is 25.6. The van der Waals surface area contributed by atoms with Crippen molar-refractivity contribution in [2.45, 2.75) is 39.1 Å². The van der Waals surface area contributed by atoms with Gasteiger partial charge in [-0.05, 0) is 42.6 Å². The molecule has 0 atom stereocenters. The van der Waals surface area contributed by atoms with Crippen molar-refractivity contribution in [3.8, 4) is 0 Å². The number of aryl methyl sites for hydroxylation is 1. The summed E-state index contributed by atoms with van der Waals surface area (Å²) >= 11 is 0. The molecule has 7 heteroatoms. The molecule has 0 radical (unpaired) electrons. The quantitative estimate of drug-likeness (QED) is 0.487. The molecule has 0 amide bonds. The molecule has 0 unspecified atom stereocenters. The number of aliphatic imine (C=N–C) groups is 1. The molecule has 2 aromatic rings. The summed E-state index contributed by atoms with van der Waals surface area (Å²) in [5.41, 5.74) is 4.37. The Bertz CT molecular complexity index is 891. The van der Waals surface area contributed by atoms with Gasteiger partial charge in [-0.3, -0.25) is 0 Å². The molecule has 0 saturated carbocycles. The maximum absolute atomic E-state index is 11.7. The molecule has 0 heterocycles. The normalized spacial score (nSPS) is 12.1. The molecule has 2 N–H and O–H groups in total. The van der Waals surface area contributed by atoms with Gasteiger partial charge in [0.25, 0.3) is 0 Å². The number of sulfonamides is 1. The molecule has 0 aromatic heterocycles. The van der Waals surface area contributed by atoms with Gasteiger partial charge in [0.2, 0.25) is 10.0 Å². The fourth-order valence-electron chi connectivity index (χ4n) is 2.90. The van der Waals surface area contributed by atoms with Crippen LogP contribution in [0.5, 0.6) is 0 Å². The van der Waals surface area contributed by atoms with Crippen LogP contribution in [-0.4, -0.2) is 39.9 Å². The summed E-state index contributed by atoms with van der Waals surface area (Å²) in [6.07, 6.45) is 1.04. The van der Waals surface area contributed by atoms with Crippen LogP contribution in [0.1, 0.15) is 36.1 Å². The highest BCUT2D eigenvalue weighted by Gasteiger charge is 2.09. The zero-order chi connectivity index (χ0) is 21.3. The van der Waals surface area contributed by atoms with Crippen molar-refractivity contribution in [3.63, 3.8) is 0 Å². The number of nitrogens with zero attached hydrogens (tertiary/aromatic N) is 2. The highest BCUT2D eigenvalue weighted by Crippen LogP contribution is 2.10. The van der Waals surface area contributed by atoms with Crippen molar-refractivity contribution in [1.29, 1.82) is 0 Å². The molecular weight excluding hydrogens is 384 g/mol. The zero-order valence-corrected chi connectivity index (χ0v) is 18.6. The van der Waals surface area contributed by atoms with Crippen LogP contribution in [0, 0.1) is 0 Å². The first-order valence-electron chi connectivity index (χ1n) is 9.93. The molecule has 0 bridgehead atoms. The predicted octanol–water partition coefficient (Wildman–Crippen LogP) is 2.90. The van der Waals surface area contributed by atoms with Gasteiger partial charge in [-0.15, -0.1) is 0 Å². The minimum atomic E-state index is -3.26. The summed E-state index contributed by atoms with van der Waals surface area (Å²) in [6.45, 7) is 6.30. The molecule has 2 aromatic carbocycles. The van der Waals surface area contributed by atoms with Crippen LogP contribution in [0.4, 0.5) is 0 Å². The lowest BCUT2D eigenvalue weighted by molar-refractivity contribution is 0.476. The fraction of sp³-hybridized carbons (Fsp3) is 0.409. The second kappa shape index (κ2) is 11.0. The molecule has 0 aliphatic heterocycles. The average Bonchev–Trinajstić information content (AvgIpc) is 2.72. The van der Waals surface area contributed by atoms with Gasteiger partial charge >= 0.3 is 0 Å². The largest absolute Gasteiger partial charge is 0.357 e. The molecule has 0 saturated heterocycles. The number of guanidine groups is 1. The lowest BCUT2D eigenvalue weighted by Crippen LogP contribution is -2.38. The van der Waals surface area contributed by atoms with E-state index in [2.05, 4.69) is 53.1 Å². The smallest absolute Gasteiger partial charge is 0.215 e. The zero-order valence-electron chi connectivity index (χ0n) is 17.8. The summed E-state index contributed by atoms with van der Waals surface area (Å²) in [5.74, 6) is 0.823. The molecule has 0 fully saturated rings. The first kappa shape index (κ1) is 22.9. The Labute approximate surface area is 175 Å². The first-order valence-corrected chi connectivity index (χ1v) is 11.6. The molecule has 6 nitrogen and oxygen atoms in total. The molecule has 158 valence electrons. The minimum absolute atomic E-state index is 0.0186. The molecule has 2 rings (SSSR count). The molecule has 0 aliphatic rings. The number of nitrogens with one attached hydrogen (secondary N) is 2. The van der Waals surface area contributed by atoms with Crippen molar-refractivity contribution >= 4 is 16.0 Å². The van der Waals surface area contributed by atoms with E-state index in [1.807, 2.05) is 31.3 Å². The lowest BCUT2D eigenvalue weighted by atomic mass is 10.1. The van der Waals surface area contributed by atoms with Gasteiger partial charge in [0.1, 0.15) is 0 Å². The molecule has 0 spiro atoms. The van der Waals surface area contributed by atoms with Gasteiger partial charge in [-0.2, -0.15) is 0 Å². The average molecular weight is 417 g/mol. The third-order valence-electron chi connectivity index (χ3n) is 4.65. The Hall–Kier alpha value is -2.38. The number of rotatable bonds is 9. The number of benzene rings is 2. The highest BCUT2D eigenvalue weighted by atomic mass is 32.2. The monoisotopic (exact) mass is 416 g/mol. The van der Waals surface area contributed by atoms with E-state index in [9.17, 15) is 8.42 Å². The summed E-state index contributed by atoms with van der Waals surface area (Å²) in [4.78, 5) is 6.84. The Balaban J connectivity index is 2.03. The van der Waals surface area contributed by atoms with Gasteiger partial charge in [0.15, 0.2) is 5.96 Å². The van der Waals surface area contributed by atoms with E-state index in [1.165, 1.54) is 18.2 Å². The number of hydrogen-bond acceptors (Lipinski definition) is 3. The Morgan fingerprint density at radius 2 is 1.48 bits per heavy atom. The lowest BCUT2D eigenvalue weighted by Gasteiger charge is -2.22. The first-order chi connectivity index (χ1) is 13.9. The van der Waals surface area contributed by atoms with Crippen LogP contribution in [0.15, 0.2) is 53.5 Å². The molecule has 0 aliphatic carbocycles. The van der Waals surface area contributed by atoms with Crippen LogP contribution in [0.25, 0.3) is 0 Å². The van der Waals surface area contributed by atoms with E-state index in [-0.39, 0.29) is 5.75 Å². The van der Waals surface area contributed by atoms with Crippen LogP contribution >= 0.6 is 0 Å². The molecule has 29 heavy (non-hydrogen) atoms. The van der Waals surface area contributed by atoms with Crippen molar-refractivity contribution in [1.82, 2.24) is 14.9 Å². The van der Waals surface area contributed by atoms with E-state index in [0.29, 0.717) is 6.54 Å². The van der Waals surface area contributed by atoms with E-state index >= 15 is 0 Å². The maximum Gasteiger partial charge on any atom is 0.215 e. The standard InChI is InChI=1S/C22H32N4O2S/c1-5-18-7-11-20(12-8-18)16-26(4)22(24-6-2)25-15-19-9-13-21(14-10-19)17-29(27,28)23-3/h7-14,23H,5-6,15-17H2,1-4H3,(H,24,25).